The first kappa shape index (κ1) is 28.5. The summed E-state index contributed by atoms with van der Waals surface area (Å²) in [5.74, 6) is -1.60. The second-order valence-corrected chi connectivity index (χ2v) is 7.63. The Balaban J connectivity index is 2.20. The number of ether oxygens (including phenoxy) is 2. The van der Waals surface area contributed by atoms with Gasteiger partial charge in [-0.3, -0.25) is 0 Å². The highest BCUT2D eigenvalue weighted by atomic mass is 19.4. The van der Waals surface area contributed by atoms with Crippen molar-refractivity contribution in [3.8, 4) is 11.5 Å². The Morgan fingerprint density at radius 3 is 1.76 bits per heavy atom. The van der Waals surface area contributed by atoms with E-state index in [9.17, 15) is 44.3 Å². The van der Waals surface area contributed by atoms with Gasteiger partial charge in [0.05, 0.1) is 11.7 Å². The monoisotopic (exact) mass is 557 g/mol. The molecule has 1 heterocycles. The van der Waals surface area contributed by atoms with E-state index >= 15 is 0 Å². The van der Waals surface area contributed by atoms with Crippen molar-refractivity contribution in [3.63, 3.8) is 0 Å². The molecule has 0 radical (unpaired) electrons. The topological polar surface area (TPSA) is 85.6 Å². The van der Waals surface area contributed by atoms with Crippen LogP contribution < -0.4 is 20.1 Å². The number of hydrogen-bond acceptors (Lipinski definition) is 5. The van der Waals surface area contributed by atoms with Gasteiger partial charge >= 0.3 is 24.9 Å². The minimum atomic E-state index is -5.13. The predicted molar refractivity (Wildman–Crippen MR) is 110 cm³/mol. The van der Waals surface area contributed by atoms with Gasteiger partial charge in [-0.15, -0.1) is 26.3 Å². The van der Waals surface area contributed by atoms with E-state index in [1.807, 2.05) is 0 Å². The zero-order valence-electron chi connectivity index (χ0n) is 18.7. The van der Waals surface area contributed by atoms with Gasteiger partial charge in [0, 0.05) is 12.5 Å². The highest BCUT2D eigenvalue weighted by molar-refractivity contribution is 5.76. The van der Waals surface area contributed by atoms with Crippen LogP contribution in [0.4, 0.5) is 44.3 Å². The molecule has 1 aromatic heterocycles. The maximum Gasteiger partial charge on any atom is 0.573 e. The molecule has 0 bridgehead atoms. The van der Waals surface area contributed by atoms with Gasteiger partial charge in [0.1, 0.15) is 23.8 Å². The lowest BCUT2D eigenvalue weighted by Gasteiger charge is -2.36. The molecular weight excluding hydrogens is 541 g/mol. The van der Waals surface area contributed by atoms with E-state index in [1.165, 1.54) is 18.2 Å². The molecule has 0 aliphatic carbocycles. The Morgan fingerprint density at radius 1 is 0.816 bits per heavy atom. The number of aromatic nitrogens is 1. The number of carbonyl (C=O) groups is 1. The molecule has 3 aromatic rings. The van der Waals surface area contributed by atoms with Crippen LogP contribution in [-0.2, 0) is 12.0 Å². The summed E-state index contributed by atoms with van der Waals surface area (Å²) in [5, 5.41) is 7.28. The Labute approximate surface area is 207 Å². The quantitative estimate of drug-likeness (QED) is 0.341. The van der Waals surface area contributed by atoms with Gasteiger partial charge in [0.25, 0.3) is 0 Å². The fraction of sp³-hybridized carbons (Fsp3) is 0.273. The van der Waals surface area contributed by atoms with E-state index < -0.39 is 54.9 Å². The molecule has 0 unspecified atom stereocenters. The highest BCUT2D eigenvalue weighted by Gasteiger charge is 2.41. The van der Waals surface area contributed by atoms with E-state index in [2.05, 4.69) is 19.9 Å². The maximum atomic E-state index is 12.9. The SMILES string of the molecule is O=C(NCC(F)(F)F)NC(Cc1ccno1)(c1cccc(OC(F)(F)F)c1)c1cccc(OC(F)(F)F)c1. The molecule has 0 saturated carbocycles. The maximum absolute atomic E-state index is 12.9. The Morgan fingerprint density at radius 2 is 1.34 bits per heavy atom. The number of rotatable bonds is 8. The molecule has 0 fully saturated rings. The molecule has 2 aromatic carbocycles. The van der Waals surface area contributed by atoms with E-state index in [-0.39, 0.29) is 16.9 Å². The number of hydrogen-bond donors (Lipinski definition) is 2. The summed E-state index contributed by atoms with van der Waals surface area (Å²) >= 11 is 0. The number of nitrogens with one attached hydrogen (secondary N) is 2. The van der Waals surface area contributed by atoms with Crippen LogP contribution in [0.25, 0.3) is 0 Å². The van der Waals surface area contributed by atoms with Crippen molar-refractivity contribution >= 4 is 6.03 Å². The lowest BCUT2D eigenvalue weighted by molar-refractivity contribution is -0.275. The van der Waals surface area contributed by atoms with Gasteiger partial charge in [-0.25, -0.2) is 4.79 Å². The molecule has 0 saturated heterocycles. The molecule has 16 heteroatoms. The number of nitrogens with zero attached hydrogens (tertiary/aromatic N) is 1. The average molecular weight is 557 g/mol. The number of benzene rings is 2. The minimum Gasteiger partial charge on any atom is -0.406 e. The predicted octanol–water partition coefficient (Wildman–Crippen LogP) is 5.82. The number of urea groups is 1. The summed E-state index contributed by atoms with van der Waals surface area (Å²) in [7, 11) is 0. The first-order valence-corrected chi connectivity index (χ1v) is 10.3. The molecule has 206 valence electrons. The third kappa shape index (κ3) is 8.21. The van der Waals surface area contributed by atoms with Crippen molar-refractivity contribution in [1.29, 1.82) is 0 Å². The molecule has 2 N–H and O–H groups in total. The largest absolute Gasteiger partial charge is 0.573 e. The summed E-state index contributed by atoms with van der Waals surface area (Å²) in [6, 6.07) is 7.78. The number of amides is 2. The third-order valence-electron chi connectivity index (χ3n) is 4.83. The van der Waals surface area contributed by atoms with Gasteiger partial charge < -0.3 is 24.6 Å². The van der Waals surface area contributed by atoms with Crippen LogP contribution in [0.15, 0.2) is 65.3 Å². The van der Waals surface area contributed by atoms with Gasteiger partial charge in [-0.2, -0.15) is 13.2 Å². The Bertz CT molecular complexity index is 1170. The zero-order valence-corrected chi connectivity index (χ0v) is 18.7. The van der Waals surface area contributed by atoms with Gasteiger partial charge in [0.2, 0.25) is 0 Å². The van der Waals surface area contributed by atoms with Crippen molar-refractivity contribution in [3.05, 3.63) is 77.7 Å². The second kappa shape index (κ2) is 10.7. The van der Waals surface area contributed by atoms with E-state index in [0.29, 0.717) is 0 Å². The lowest BCUT2D eigenvalue weighted by Crippen LogP contribution is -2.53. The van der Waals surface area contributed by atoms with E-state index in [4.69, 9.17) is 4.52 Å². The summed E-state index contributed by atoms with van der Waals surface area (Å²) in [6.45, 7) is -1.79. The zero-order chi connectivity index (χ0) is 28.2. The average Bonchev–Trinajstić information content (AvgIpc) is 3.28. The molecular formula is C22H16F9N3O4. The van der Waals surface area contributed by atoms with E-state index in [1.54, 1.807) is 5.32 Å². The first-order valence-electron chi connectivity index (χ1n) is 10.3. The molecule has 0 aliphatic heterocycles. The van der Waals surface area contributed by atoms with Crippen molar-refractivity contribution in [2.24, 2.45) is 0 Å². The second-order valence-electron chi connectivity index (χ2n) is 7.63. The molecule has 3 rings (SSSR count). The van der Waals surface area contributed by atoms with Crippen LogP contribution >= 0.6 is 0 Å². The fourth-order valence-electron chi connectivity index (χ4n) is 3.49. The summed E-state index contributed by atoms with van der Waals surface area (Å²) in [5.41, 5.74) is -2.56. The van der Waals surface area contributed by atoms with Crippen LogP contribution in [0.1, 0.15) is 16.9 Å². The number of halogens is 9. The molecule has 38 heavy (non-hydrogen) atoms. The normalized spacial score (nSPS) is 12.7. The summed E-state index contributed by atoms with van der Waals surface area (Å²) < 4.78 is 128. The van der Waals surface area contributed by atoms with Gasteiger partial charge in [-0.1, -0.05) is 29.4 Å². The fourth-order valence-corrected chi connectivity index (χ4v) is 3.49. The van der Waals surface area contributed by atoms with Gasteiger partial charge in [-0.05, 0) is 35.4 Å². The van der Waals surface area contributed by atoms with Crippen LogP contribution in [0.3, 0.4) is 0 Å². The Kier molecular flexibility index (Phi) is 8.02. The number of carbonyl (C=O) groups excluding carboxylic acids is 1. The third-order valence-corrected chi connectivity index (χ3v) is 4.83. The molecule has 2 amide bonds. The van der Waals surface area contributed by atoms with Crippen molar-refractivity contribution in [1.82, 2.24) is 15.8 Å². The first-order chi connectivity index (χ1) is 17.5. The van der Waals surface area contributed by atoms with E-state index in [0.717, 1.165) is 42.6 Å². The summed E-state index contributed by atoms with van der Waals surface area (Å²) in [6.07, 6.45) is -14.5. The highest BCUT2D eigenvalue weighted by Crippen LogP contribution is 2.38. The van der Waals surface area contributed by atoms with Crippen LogP contribution in [-0.4, -0.2) is 36.6 Å². The number of alkyl halides is 9. The molecule has 0 atom stereocenters. The molecule has 0 aliphatic rings. The summed E-state index contributed by atoms with van der Waals surface area (Å²) in [4.78, 5) is 12.6. The lowest BCUT2D eigenvalue weighted by atomic mass is 9.79. The van der Waals surface area contributed by atoms with Gasteiger partial charge in [0.15, 0.2) is 0 Å². The van der Waals surface area contributed by atoms with Crippen molar-refractivity contribution < 1.29 is 58.3 Å². The minimum absolute atomic E-state index is 0.0367. The Hall–Kier alpha value is -4.11. The van der Waals surface area contributed by atoms with Crippen LogP contribution in [0, 0.1) is 0 Å². The van der Waals surface area contributed by atoms with Crippen molar-refractivity contribution in [2.45, 2.75) is 30.9 Å². The standard InChI is InChI=1S/C22H16F9N3O4/c23-20(24,25)12-32-18(35)34-19(11-17-7-8-33-38-17,13-3-1-5-15(9-13)36-21(26,27)28)14-4-2-6-16(10-14)37-22(29,30)31/h1-10H,11-12H2,(H2,32,34,35). The van der Waals surface area contributed by atoms with Crippen LogP contribution in [0.2, 0.25) is 0 Å². The van der Waals surface area contributed by atoms with Crippen LogP contribution in [0.5, 0.6) is 11.5 Å². The molecule has 7 nitrogen and oxygen atoms in total. The molecule has 0 spiro atoms. The van der Waals surface area contributed by atoms with Crippen molar-refractivity contribution in [2.75, 3.05) is 6.54 Å². The smallest absolute Gasteiger partial charge is 0.406 e.